The van der Waals surface area contributed by atoms with Gasteiger partial charge < -0.3 is 4.74 Å². The number of carbonyl (C=O) groups excluding carboxylic acids is 1. The average molecular weight is 270 g/mol. The van der Waals surface area contributed by atoms with Gasteiger partial charge in [-0.1, -0.05) is 0 Å². The minimum absolute atomic E-state index is 0.309. The maximum Gasteiger partial charge on any atom is 0.294 e. The number of rotatable bonds is 4. The van der Waals surface area contributed by atoms with Gasteiger partial charge in [0.05, 0.1) is 11.8 Å². The van der Waals surface area contributed by atoms with Crippen molar-refractivity contribution in [1.82, 2.24) is 15.3 Å². The lowest BCUT2D eigenvalue weighted by Crippen LogP contribution is -2.38. The highest BCUT2D eigenvalue weighted by molar-refractivity contribution is 7.11. The fourth-order valence-electron chi connectivity index (χ4n) is 2.12. The van der Waals surface area contributed by atoms with E-state index in [2.05, 4.69) is 15.3 Å². The van der Waals surface area contributed by atoms with E-state index in [1.165, 1.54) is 11.3 Å². The molecule has 6 nitrogen and oxygen atoms in total. The second-order valence-corrected chi connectivity index (χ2v) is 5.21. The molecule has 7 heteroatoms. The number of aromatic nitrogens is 1. The Kier molecular flexibility index (Phi) is 4.65. The first-order valence-electron chi connectivity index (χ1n) is 5.93. The molecule has 0 spiro atoms. The number of nitrogen functional groups attached to an aromatic ring is 1. The Balaban J connectivity index is 1.92. The van der Waals surface area contributed by atoms with Gasteiger partial charge in [0, 0.05) is 25.6 Å². The first-order chi connectivity index (χ1) is 8.72. The molecular formula is C11H18N4O2S. The van der Waals surface area contributed by atoms with Crippen LogP contribution in [0.4, 0.5) is 0 Å². The lowest BCUT2D eigenvalue weighted by atomic mass is 10.1. The zero-order valence-corrected chi connectivity index (χ0v) is 11.2. The summed E-state index contributed by atoms with van der Waals surface area (Å²) in [5.74, 6) is 4.74. The van der Waals surface area contributed by atoms with E-state index in [4.69, 9.17) is 10.6 Å². The van der Waals surface area contributed by atoms with E-state index in [0.29, 0.717) is 11.1 Å². The normalized spacial score (nSPS) is 20.9. The van der Waals surface area contributed by atoms with Crippen molar-refractivity contribution >= 4 is 17.2 Å². The molecule has 0 bridgehead atoms. The maximum absolute atomic E-state index is 11.3. The van der Waals surface area contributed by atoms with Crippen molar-refractivity contribution in [2.24, 2.45) is 5.84 Å². The van der Waals surface area contributed by atoms with E-state index in [0.717, 1.165) is 38.2 Å². The molecule has 2 rings (SSSR count). The molecule has 1 unspecified atom stereocenters. The molecule has 0 radical (unpaired) electrons. The molecule has 1 amide bonds. The van der Waals surface area contributed by atoms with Crippen molar-refractivity contribution in [1.29, 1.82) is 0 Å². The van der Waals surface area contributed by atoms with E-state index in [1.54, 1.807) is 7.11 Å². The summed E-state index contributed by atoms with van der Waals surface area (Å²) in [6.45, 7) is 2.73. The van der Waals surface area contributed by atoms with E-state index >= 15 is 0 Å². The standard InChI is InChI=1S/C11H18N4O2S/c1-17-9-3-2-4-15(6-9)5-8-7-18-11(13-8)10(16)14-12/h7,9H,2-6,12H2,1H3,(H,14,16). The summed E-state index contributed by atoms with van der Waals surface area (Å²) in [6, 6.07) is 0. The molecule has 100 valence electrons. The third-order valence-electron chi connectivity index (χ3n) is 3.06. The first kappa shape index (κ1) is 13.4. The highest BCUT2D eigenvalue weighted by Gasteiger charge is 2.20. The fraction of sp³-hybridized carbons (Fsp3) is 0.636. The van der Waals surface area contributed by atoms with Gasteiger partial charge in [0.2, 0.25) is 0 Å². The Bertz CT molecular complexity index is 410. The van der Waals surface area contributed by atoms with Crippen molar-refractivity contribution in [2.45, 2.75) is 25.5 Å². The minimum Gasteiger partial charge on any atom is -0.380 e. The molecule has 0 saturated carbocycles. The number of hydrogen-bond donors (Lipinski definition) is 2. The smallest absolute Gasteiger partial charge is 0.294 e. The lowest BCUT2D eigenvalue weighted by molar-refractivity contribution is 0.0282. The SMILES string of the molecule is COC1CCCN(Cc2csc(C(=O)NN)n2)C1. The van der Waals surface area contributed by atoms with Crippen molar-refractivity contribution in [3.05, 3.63) is 16.1 Å². The summed E-state index contributed by atoms with van der Waals surface area (Å²) in [5, 5.41) is 2.31. The highest BCUT2D eigenvalue weighted by atomic mass is 32.1. The number of amides is 1. The van der Waals surface area contributed by atoms with Gasteiger partial charge in [0.15, 0.2) is 5.01 Å². The topological polar surface area (TPSA) is 80.5 Å². The summed E-state index contributed by atoms with van der Waals surface area (Å²) >= 11 is 1.32. The summed E-state index contributed by atoms with van der Waals surface area (Å²) < 4.78 is 5.38. The monoisotopic (exact) mass is 270 g/mol. The van der Waals surface area contributed by atoms with Gasteiger partial charge in [0.25, 0.3) is 5.91 Å². The zero-order chi connectivity index (χ0) is 13.0. The lowest BCUT2D eigenvalue weighted by Gasteiger charge is -2.31. The van der Waals surface area contributed by atoms with Crippen molar-refractivity contribution in [3.63, 3.8) is 0 Å². The van der Waals surface area contributed by atoms with Gasteiger partial charge in [0.1, 0.15) is 0 Å². The van der Waals surface area contributed by atoms with Gasteiger partial charge >= 0.3 is 0 Å². The third-order valence-corrected chi connectivity index (χ3v) is 3.95. The number of nitrogens with zero attached hydrogens (tertiary/aromatic N) is 2. The van der Waals surface area contributed by atoms with Gasteiger partial charge in [-0.05, 0) is 19.4 Å². The number of hydrogen-bond acceptors (Lipinski definition) is 6. The van der Waals surface area contributed by atoms with Crippen LogP contribution in [-0.2, 0) is 11.3 Å². The number of thiazole rings is 1. The Hall–Kier alpha value is -1.02. The molecule has 1 atom stereocenters. The predicted molar refractivity (Wildman–Crippen MR) is 69.1 cm³/mol. The summed E-state index contributed by atoms with van der Waals surface area (Å²) in [7, 11) is 1.75. The predicted octanol–water partition coefficient (Wildman–Crippen LogP) is 0.357. The van der Waals surface area contributed by atoms with E-state index in [1.807, 2.05) is 5.38 Å². The fourth-order valence-corrected chi connectivity index (χ4v) is 2.83. The van der Waals surface area contributed by atoms with Gasteiger partial charge in [-0.15, -0.1) is 11.3 Å². The van der Waals surface area contributed by atoms with Crippen LogP contribution in [0.2, 0.25) is 0 Å². The van der Waals surface area contributed by atoms with Crippen LogP contribution in [0, 0.1) is 0 Å². The number of piperidine rings is 1. The number of methoxy groups -OCH3 is 1. The van der Waals surface area contributed by atoms with Crippen molar-refractivity contribution < 1.29 is 9.53 Å². The zero-order valence-electron chi connectivity index (χ0n) is 10.4. The summed E-state index contributed by atoms with van der Waals surface area (Å²) in [6.07, 6.45) is 2.56. The Morgan fingerprint density at radius 3 is 3.33 bits per heavy atom. The van der Waals surface area contributed by atoms with Crippen molar-refractivity contribution in [3.8, 4) is 0 Å². The third kappa shape index (κ3) is 3.26. The number of likely N-dealkylation sites (tertiary alicyclic amines) is 1. The van der Waals surface area contributed by atoms with Crippen LogP contribution < -0.4 is 11.3 Å². The highest BCUT2D eigenvalue weighted by Crippen LogP contribution is 2.17. The Morgan fingerprint density at radius 1 is 1.78 bits per heavy atom. The van der Waals surface area contributed by atoms with Crippen LogP contribution in [0.25, 0.3) is 0 Å². The van der Waals surface area contributed by atoms with Crippen LogP contribution in [-0.4, -0.2) is 42.1 Å². The maximum atomic E-state index is 11.3. The van der Waals surface area contributed by atoms with E-state index in [-0.39, 0.29) is 5.91 Å². The molecule has 1 aromatic heterocycles. The van der Waals surface area contributed by atoms with Gasteiger partial charge in [-0.2, -0.15) is 0 Å². The van der Waals surface area contributed by atoms with Crippen LogP contribution >= 0.6 is 11.3 Å². The minimum atomic E-state index is -0.334. The number of nitrogens with one attached hydrogen (secondary N) is 1. The molecule has 0 aliphatic carbocycles. The Morgan fingerprint density at radius 2 is 2.61 bits per heavy atom. The number of hydrazine groups is 1. The number of carbonyl (C=O) groups is 1. The molecule has 1 fully saturated rings. The second-order valence-electron chi connectivity index (χ2n) is 4.35. The molecule has 1 aliphatic rings. The molecule has 0 aromatic carbocycles. The average Bonchev–Trinajstić information content (AvgIpc) is 2.86. The van der Waals surface area contributed by atoms with Crippen molar-refractivity contribution in [2.75, 3.05) is 20.2 Å². The molecular weight excluding hydrogens is 252 g/mol. The molecule has 3 N–H and O–H groups in total. The van der Waals surface area contributed by atoms with Crippen LogP contribution in [0.1, 0.15) is 28.3 Å². The summed E-state index contributed by atoms with van der Waals surface area (Å²) in [5.41, 5.74) is 3.00. The van der Waals surface area contributed by atoms with E-state index < -0.39 is 0 Å². The molecule has 18 heavy (non-hydrogen) atoms. The molecule has 1 saturated heterocycles. The van der Waals surface area contributed by atoms with Gasteiger partial charge in [-0.3, -0.25) is 15.1 Å². The van der Waals surface area contributed by atoms with E-state index in [9.17, 15) is 4.79 Å². The van der Waals surface area contributed by atoms with Crippen LogP contribution in [0.15, 0.2) is 5.38 Å². The quantitative estimate of drug-likeness (QED) is 0.469. The molecule has 1 aliphatic heterocycles. The van der Waals surface area contributed by atoms with Crippen LogP contribution in [0.5, 0.6) is 0 Å². The number of nitrogens with two attached hydrogens (primary N) is 1. The number of ether oxygens (including phenoxy) is 1. The Labute approximate surface area is 110 Å². The summed E-state index contributed by atoms with van der Waals surface area (Å²) in [4.78, 5) is 17.9. The molecule has 1 aromatic rings. The second kappa shape index (κ2) is 6.24. The van der Waals surface area contributed by atoms with Gasteiger partial charge in [-0.25, -0.2) is 10.8 Å². The first-order valence-corrected chi connectivity index (χ1v) is 6.81. The molecule has 2 heterocycles. The van der Waals surface area contributed by atoms with Crippen LogP contribution in [0.3, 0.4) is 0 Å². The largest absolute Gasteiger partial charge is 0.380 e.